The maximum absolute atomic E-state index is 10.4. The molecule has 0 bridgehead atoms. The van der Waals surface area contributed by atoms with Crippen LogP contribution in [-0.4, -0.2) is 19.3 Å². The van der Waals surface area contributed by atoms with Gasteiger partial charge in [-0.05, 0) is 34.1 Å². The standard InChI is InChI=1S/C13H12BrClO3S/c1-17-9-4-3-8(13(18-2)11(9)14)12(16)10-5-7(15)6-19-10/h3-6,12,16H,1-2H3. The van der Waals surface area contributed by atoms with Crippen LogP contribution in [0.2, 0.25) is 5.02 Å². The van der Waals surface area contributed by atoms with Crippen molar-refractivity contribution in [3.05, 3.63) is 43.5 Å². The van der Waals surface area contributed by atoms with E-state index in [2.05, 4.69) is 15.9 Å². The molecular weight excluding hydrogens is 352 g/mol. The molecule has 1 N–H and O–H groups in total. The number of hydrogen-bond donors (Lipinski definition) is 1. The fourth-order valence-electron chi connectivity index (χ4n) is 1.76. The number of halogens is 2. The van der Waals surface area contributed by atoms with E-state index in [1.807, 2.05) is 0 Å². The number of hydrogen-bond acceptors (Lipinski definition) is 4. The first-order valence-electron chi connectivity index (χ1n) is 5.40. The summed E-state index contributed by atoms with van der Waals surface area (Å²) in [5.74, 6) is 1.20. The van der Waals surface area contributed by atoms with E-state index in [0.29, 0.717) is 26.6 Å². The van der Waals surface area contributed by atoms with Gasteiger partial charge >= 0.3 is 0 Å². The molecule has 1 heterocycles. The molecule has 0 spiro atoms. The monoisotopic (exact) mass is 362 g/mol. The average Bonchev–Trinajstić information content (AvgIpc) is 2.84. The zero-order valence-electron chi connectivity index (χ0n) is 10.3. The van der Waals surface area contributed by atoms with E-state index in [4.69, 9.17) is 21.1 Å². The lowest BCUT2D eigenvalue weighted by atomic mass is 10.1. The zero-order valence-corrected chi connectivity index (χ0v) is 13.5. The Kier molecular flexibility index (Phi) is 4.73. The third-order valence-electron chi connectivity index (χ3n) is 2.67. The van der Waals surface area contributed by atoms with E-state index < -0.39 is 6.10 Å². The Bertz CT molecular complexity index is 585. The second-order valence-electron chi connectivity index (χ2n) is 3.77. The minimum Gasteiger partial charge on any atom is -0.495 e. The van der Waals surface area contributed by atoms with Crippen molar-refractivity contribution in [2.24, 2.45) is 0 Å². The SMILES string of the molecule is COc1ccc(C(O)c2cc(Cl)cs2)c(OC)c1Br. The van der Waals surface area contributed by atoms with Crippen molar-refractivity contribution in [2.45, 2.75) is 6.10 Å². The van der Waals surface area contributed by atoms with Gasteiger partial charge < -0.3 is 14.6 Å². The van der Waals surface area contributed by atoms with Crippen molar-refractivity contribution in [1.82, 2.24) is 0 Å². The van der Waals surface area contributed by atoms with Gasteiger partial charge in [-0.3, -0.25) is 0 Å². The van der Waals surface area contributed by atoms with Crippen LogP contribution in [0.3, 0.4) is 0 Å². The number of aliphatic hydroxyl groups excluding tert-OH is 1. The van der Waals surface area contributed by atoms with E-state index in [1.54, 1.807) is 37.8 Å². The molecule has 1 aromatic carbocycles. The first kappa shape index (κ1) is 14.7. The minimum atomic E-state index is -0.783. The quantitative estimate of drug-likeness (QED) is 0.882. The van der Waals surface area contributed by atoms with Crippen LogP contribution >= 0.6 is 38.9 Å². The Hall–Kier alpha value is -0.750. The summed E-state index contributed by atoms with van der Waals surface area (Å²) in [6.45, 7) is 0. The summed E-state index contributed by atoms with van der Waals surface area (Å²) in [6, 6.07) is 5.30. The summed E-state index contributed by atoms with van der Waals surface area (Å²) in [4.78, 5) is 0.764. The molecule has 102 valence electrons. The van der Waals surface area contributed by atoms with Gasteiger partial charge in [0.25, 0.3) is 0 Å². The highest BCUT2D eigenvalue weighted by atomic mass is 79.9. The molecule has 2 aromatic rings. The highest BCUT2D eigenvalue weighted by Gasteiger charge is 2.21. The topological polar surface area (TPSA) is 38.7 Å². The highest BCUT2D eigenvalue weighted by molar-refractivity contribution is 9.10. The molecule has 0 amide bonds. The Balaban J connectivity index is 2.47. The molecule has 1 unspecified atom stereocenters. The summed E-state index contributed by atoms with van der Waals surface area (Å²) in [5.41, 5.74) is 0.661. The van der Waals surface area contributed by atoms with Crippen molar-refractivity contribution in [2.75, 3.05) is 14.2 Å². The first-order valence-corrected chi connectivity index (χ1v) is 7.46. The van der Waals surface area contributed by atoms with Gasteiger partial charge in [0.2, 0.25) is 0 Å². The lowest BCUT2D eigenvalue weighted by molar-refractivity contribution is 0.218. The second-order valence-corrected chi connectivity index (χ2v) is 5.95. The van der Waals surface area contributed by atoms with Crippen LogP contribution in [0.25, 0.3) is 0 Å². The molecular formula is C13H12BrClO3S. The molecule has 0 saturated carbocycles. The number of ether oxygens (including phenoxy) is 2. The van der Waals surface area contributed by atoms with Gasteiger partial charge in [0.15, 0.2) is 0 Å². The van der Waals surface area contributed by atoms with Gasteiger partial charge in [0, 0.05) is 15.8 Å². The molecule has 0 aliphatic rings. The summed E-state index contributed by atoms with van der Waals surface area (Å²) >= 11 is 10.7. The molecule has 6 heteroatoms. The van der Waals surface area contributed by atoms with E-state index in [-0.39, 0.29) is 0 Å². The Morgan fingerprint density at radius 1 is 1.32 bits per heavy atom. The lowest BCUT2D eigenvalue weighted by Crippen LogP contribution is -2.02. The molecule has 3 nitrogen and oxygen atoms in total. The molecule has 1 atom stereocenters. The van der Waals surface area contributed by atoms with Crippen LogP contribution < -0.4 is 9.47 Å². The van der Waals surface area contributed by atoms with Gasteiger partial charge in [-0.2, -0.15) is 0 Å². The molecule has 19 heavy (non-hydrogen) atoms. The maximum atomic E-state index is 10.4. The molecule has 2 rings (SSSR count). The maximum Gasteiger partial charge on any atom is 0.142 e. The van der Waals surface area contributed by atoms with Crippen molar-refractivity contribution < 1.29 is 14.6 Å². The zero-order chi connectivity index (χ0) is 14.0. The number of rotatable bonds is 4. The second kappa shape index (κ2) is 6.13. The van der Waals surface area contributed by atoms with E-state index in [9.17, 15) is 5.11 Å². The third kappa shape index (κ3) is 2.89. The van der Waals surface area contributed by atoms with Gasteiger partial charge in [0.1, 0.15) is 22.1 Å². The molecule has 1 aromatic heterocycles. The molecule has 0 fully saturated rings. The summed E-state index contributed by atoms with van der Waals surface area (Å²) in [6.07, 6.45) is -0.783. The first-order chi connectivity index (χ1) is 9.08. The Morgan fingerprint density at radius 3 is 2.58 bits per heavy atom. The smallest absolute Gasteiger partial charge is 0.142 e. The predicted molar refractivity (Wildman–Crippen MR) is 80.6 cm³/mol. The summed E-state index contributed by atoms with van der Waals surface area (Å²) in [5, 5.41) is 12.8. The molecule has 0 aliphatic heterocycles. The largest absolute Gasteiger partial charge is 0.495 e. The van der Waals surface area contributed by atoms with Crippen LogP contribution in [0, 0.1) is 0 Å². The number of benzene rings is 1. The molecule has 0 saturated heterocycles. The van der Waals surface area contributed by atoms with Crippen LogP contribution in [0.15, 0.2) is 28.1 Å². The van der Waals surface area contributed by atoms with Crippen LogP contribution in [0.1, 0.15) is 16.5 Å². The van der Waals surface area contributed by atoms with Gasteiger partial charge in [-0.1, -0.05) is 11.6 Å². The Morgan fingerprint density at radius 2 is 2.05 bits per heavy atom. The van der Waals surface area contributed by atoms with Gasteiger partial charge in [-0.15, -0.1) is 11.3 Å². The van der Waals surface area contributed by atoms with Crippen molar-refractivity contribution in [3.8, 4) is 11.5 Å². The van der Waals surface area contributed by atoms with E-state index in [0.717, 1.165) is 4.88 Å². The number of aliphatic hydroxyl groups is 1. The number of thiophene rings is 1. The van der Waals surface area contributed by atoms with E-state index in [1.165, 1.54) is 11.3 Å². The summed E-state index contributed by atoms with van der Waals surface area (Å²) < 4.78 is 11.2. The van der Waals surface area contributed by atoms with E-state index >= 15 is 0 Å². The lowest BCUT2D eigenvalue weighted by Gasteiger charge is -2.16. The predicted octanol–water partition coefficient (Wildman–Crippen LogP) is 4.26. The van der Waals surface area contributed by atoms with Crippen molar-refractivity contribution >= 4 is 38.9 Å². The summed E-state index contributed by atoms with van der Waals surface area (Å²) in [7, 11) is 3.13. The number of methoxy groups -OCH3 is 2. The fraction of sp³-hybridized carbons (Fsp3) is 0.231. The minimum absolute atomic E-state index is 0.552. The molecule has 0 aliphatic carbocycles. The van der Waals surface area contributed by atoms with Crippen LogP contribution in [0.5, 0.6) is 11.5 Å². The normalized spacial score (nSPS) is 12.3. The average molecular weight is 364 g/mol. The van der Waals surface area contributed by atoms with Crippen LogP contribution in [-0.2, 0) is 0 Å². The highest BCUT2D eigenvalue weighted by Crippen LogP contribution is 2.42. The van der Waals surface area contributed by atoms with Crippen LogP contribution in [0.4, 0.5) is 0 Å². The Labute approximate surface area is 128 Å². The van der Waals surface area contributed by atoms with Gasteiger partial charge in [0.05, 0.1) is 19.2 Å². The van der Waals surface area contributed by atoms with Crippen molar-refractivity contribution in [3.63, 3.8) is 0 Å². The van der Waals surface area contributed by atoms with Gasteiger partial charge in [-0.25, -0.2) is 0 Å². The molecule has 0 radical (unpaired) electrons. The third-order valence-corrected chi connectivity index (χ3v) is 4.75. The van der Waals surface area contributed by atoms with Crippen molar-refractivity contribution in [1.29, 1.82) is 0 Å². The fourth-order valence-corrected chi connectivity index (χ4v) is 3.53.